The molecule has 0 radical (unpaired) electrons. The predicted octanol–water partition coefficient (Wildman–Crippen LogP) is 0.283. The second-order valence-electron chi connectivity index (χ2n) is 3.07. The van der Waals surface area contributed by atoms with E-state index in [-0.39, 0.29) is 24.5 Å². The number of amides is 1. The summed E-state index contributed by atoms with van der Waals surface area (Å²) in [5.41, 5.74) is 0. The minimum Gasteiger partial charge on any atom is -0.394 e. The Morgan fingerprint density at radius 1 is 1.73 bits per heavy atom. The van der Waals surface area contributed by atoms with Crippen LogP contribution in [0.5, 0.6) is 0 Å². The summed E-state index contributed by atoms with van der Waals surface area (Å²) in [5, 5.41) is 11.6. The van der Waals surface area contributed by atoms with Gasteiger partial charge in [0.25, 0.3) is 0 Å². The quantitative estimate of drug-likeness (QED) is 0.616. The largest absolute Gasteiger partial charge is 0.394 e. The van der Waals surface area contributed by atoms with Crippen molar-refractivity contribution in [2.24, 2.45) is 5.92 Å². The Morgan fingerprint density at radius 2 is 2.36 bits per heavy atom. The summed E-state index contributed by atoms with van der Waals surface area (Å²) in [4.78, 5) is 11.1. The molecule has 0 saturated heterocycles. The van der Waals surface area contributed by atoms with Crippen LogP contribution in [0.15, 0.2) is 0 Å². The molecule has 1 unspecified atom stereocenters. The van der Waals surface area contributed by atoms with Crippen LogP contribution in [0, 0.1) is 5.92 Å². The topological polar surface area (TPSA) is 49.3 Å². The molecule has 1 aliphatic carbocycles. The molecule has 64 valence electrons. The lowest BCUT2D eigenvalue weighted by Crippen LogP contribution is -2.37. The van der Waals surface area contributed by atoms with Gasteiger partial charge in [-0.05, 0) is 19.3 Å². The van der Waals surface area contributed by atoms with Gasteiger partial charge in [-0.25, -0.2) is 0 Å². The molecule has 3 nitrogen and oxygen atoms in total. The first-order chi connectivity index (χ1) is 5.27. The smallest absolute Gasteiger partial charge is 0.223 e. The Bertz CT molecular complexity index is 139. The van der Waals surface area contributed by atoms with E-state index in [4.69, 9.17) is 5.11 Å². The van der Waals surface area contributed by atoms with Gasteiger partial charge in [-0.2, -0.15) is 0 Å². The molecule has 1 atom stereocenters. The first kappa shape index (κ1) is 8.53. The normalized spacial score (nSPS) is 19.5. The lowest BCUT2D eigenvalue weighted by atomic mass is 10.2. The summed E-state index contributed by atoms with van der Waals surface area (Å²) < 4.78 is 0. The van der Waals surface area contributed by atoms with Crippen LogP contribution in [0.1, 0.15) is 26.2 Å². The van der Waals surface area contributed by atoms with Crippen molar-refractivity contribution in [3.8, 4) is 0 Å². The van der Waals surface area contributed by atoms with Gasteiger partial charge in [-0.15, -0.1) is 0 Å². The van der Waals surface area contributed by atoms with Crippen LogP contribution in [-0.4, -0.2) is 23.7 Å². The fourth-order valence-corrected chi connectivity index (χ4v) is 0.941. The van der Waals surface area contributed by atoms with Gasteiger partial charge < -0.3 is 10.4 Å². The second kappa shape index (κ2) is 3.72. The van der Waals surface area contributed by atoms with E-state index in [1.54, 1.807) is 0 Å². The highest BCUT2D eigenvalue weighted by Crippen LogP contribution is 2.28. The van der Waals surface area contributed by atoms with Crippen LogP contribution < -0.4 is 5.32 Å². The van der Waals surface area contributed by atoms with Crippen molar-refractivity contribution in [3.05, 3.63) is 0 Å². The number of aliphatic hydroxyl groups is 1. The monoisotopic (exact) mass is 157 g/mol. The third kappa shape index (κ3) is 2.50. The fraction of sp³-hybridized carbons (Fsp3) is 0.875. The number of aliphatic hydroxyl groups excluding tert-OH is 1. The van der Waals surface area contributed by atoms with Gasteiger partial charge in [0.2, 0.25) is 5.91 Å². The number of rotatable bonds is 4. The lowest BCUT2D eigenvalue weighted by Gasteiger charge is -2.12. The summed E-state index contributed by atoms with van der Waals surface area (Å²) >= 11 is 0. The van der Waals surface area contributed by atoms with Gasteiger partial charge in [0.1, 0.15) is 0 Å². The zero-order chi connectivity index (χ0) is 8.27. The molecule has 0 aromatic rings. The SMILES string of the molecule is CCC(CO)NC(=O)C1CC1. The van der Waals surface area contributed by atoms with Crippen molar-refractivity contribution in [3.63, 3.8) is 0 Å². The Hall–Kier alpha value is -0.570. The number of carbonyl (C=O) groups excluding carboxylic acids is 1. The summed E-state index contributed by atoms with van der Waals surface area (Å²) in [5.74, 6) is 0.363. The standard InChI is InChI=1S/C8H15NO2/c1-2-7(5-10)9-8(11)6-3-4-6/h6-7,10H,2-5H2,1H3,(H,9,11). The molecule has 0 heterocycles. The summed E-state index contributed by atoms with van der Waals surface area (Å²) in [7, 11) is 0. The van der Waals surface area contributed by atoms with Crippen LogP contribution in [0.4, 0.5) is 0 Å². The summed E-state index contributed by atoms with van der Waals surface area (Å²) in [6.07, 6.45) is 2.84. The molecular weight excluding hydrogens is 142 g/mol. The van der Waals surface area contributed by atoms with Crippen molar-refractivity contribution in [2.45, 2.75) is 32.2 Å². The fourth-order valence-electron chi connectivity index (χ4n) is 0.941. The van der Waals surface area contributed by atoms with Crippen molar-refractivity contribution in [2.75, 3.05) is 6.61 Å². The van der Waals surface area contributed by atoms with Gasteiger partial charge in [-0.1, -0.05) is 6.92 Å². The van der Waals surface area contributed by atoms with E-state index in [0.717, 1.165) is 19.3 Å². The Balaban J connectivity index is 2.20. The lowest BCUT2D eigenvalue weighted by molar-refractivity contribution is -0.123. The molecule has 0 spiro atoms. The first-order valence-electron chi connectivity index (χ1n) is 4.19. The van der Waals surface area contributed by atoms with Crippen molar-refractivity contribution in [1.29, 1.82) is 0 Å². The minimum atomic E-state index is -0.0388. The molecule has 1 fully saturated rings. The molecular formula is C8H15NO2. The van der Waals surface area contributed by atoms with E-state index < -0.39 is 0 Å². The van der Waals surface area contributed by atoms with Gasteiger partial charge in [0.05, 0.1) is 12.6 Å². The van der Waals surface area contributed by atoms with Crippen LogP contribution in [-0.2, 0) is 4.79 Å². The number of nitrogens with one attached hydrogen (secondary N) is 1. The Labute approximate surface area is 66.8 Å². The van der Waals surface area contributed by atoms with Gasteiger partial charge in [0.15, 0.2) is 0 Å². The average Bonchev–Trinajstić information content (AvgIpc) is 2.81. The Kier molecular flexibility index (Phi) is 2.88. The van der Waals surface area contributed by atoms with E-state index in [1.807, 2.05) is 6.92 Å². The molecule has 0 bridgehead atoms. The van der Waals surface area contributed by atoms with Gasteiger partial charge >= 0.3 is 0 Å². The minimum absolute atomic E-state index is 0.0388. The first-order valence-corrected chi connectivity index (χ1v) is 4.19. The molecule has 2 N–H and O–H groups in total. The van der Waals surface area contributed by atoms with Crippen molar-refractivity contribution >= 4 is 5.91 Å². The average molecular weight is 157 g/mol. The summed E-state index contributed by atoms with van der Waals surface area (Å²) in [6.45, 7) is 2.00. The molecule has 0 aromatic carbocycles. The van der Waals surface area contributed by atoms with Crippen LogP contribution in [0.25, 0.3) is 0 Å². The Morgan fingerprint density at radius 3 is 2.73 bits per heavy atom. The van der Waals surface area contributed by atoms with Crippen molar-refractivity contribution < 1.29 is 9.90 Å². The van der Waals surface area contributed by atoms with E-state index in [9.17, 15) is 4.79 Å². The molecule has 3 heteroatoms. The maximum Gasteiger partial charge on any atom is 0.223 e. The third-order valence-corrected chi connectivity index (χ3v) is 2.01. The molecule has 1 amide bonds. The van der Waals surface area contributed by atoms with E-state index in [1.165, 1.54) is 0 Å². The highest BCUT2D eigenvalue weighted by molar-refractivity contribution is 5.81. The number of carbonyl (C=O) groups is 1. The zero-order valence-corrected chi connectivity index (χ0v) is 6.84. The third-order valence-electron chi connectivity index (χ3n) is 2.01. The van der Waals surface area contributed by atoms with E-state index in [0.29, 0.717) is 0 Å². The molecule has 1 rings (SSSR count). The van der Waals surface area contributed by atoms with Crippen LogP contribution in [0.3, 0.4) is 0 Å². The van der Waals surface area contributed by atoms with E-state index >= 15 is 0 Å². The van der Waals surface area contributed by atoms with Crippen LogP contribution in [0.2, 0.25) is 0 Å². The molecule has 0 aliphatic heterocycles. The number of hydrogen-bond acceptors (Lipinski definition) is 2. The van der Waals surface area contributed by atoms with Gasteiger partial charge in [0, 0.05) is 5.92 Å². The summed E-state index contributed by atoms with van der Waals surface area (Å²) in [6, 6.07) is -0.0388. The predicted molar refractivity (Wildman–Crippen MR) is 42.0 cm³/mol. The maximum atomic E-state index is 11.1. The van der Waals surface area contributed by atoms with Crippen LogP contribution >= 0.6 is 0 Å². The maximum absolute atomic E-state index is 11.1. The molecule has 1 saturated carbocycles. The number of hydrogen-bond donors (Lipinski definition) is 2. The highest BCUT2D eigenvalue weighted by Gasteiger charge is 2.30. The second-order valence-corrected chi connectivity index (χ2v) is 3.07. The molecule has 0 aromatic heterocycles. The van der Waals surface area contributed by atoms with Gasteiger partial charge in [-0.3, -0.25) is 4.79 Å². The van der Waals surface area contributed by atoms with E-state index in [2.05, 4.69) is 5.32 Å². The molecule has 11 heavy (non-hydrogen) atoms. The zero-order valence-electron chi connectivity index (χ0n) is 6.84. The van der Waals surface area contributed by atoms with Crippen molar-refractivity contribution in [1.82, 2.24) is 5.32 Å². The molecule has 1 aliphatic rings. The highest BCUT2D eigenvalue weighted by atomic mass is 16.3.